The van der Waals surface area contributed by atoms with Gasteiger partial charge in [0.25, 0.3) is 0 Å². The van der Waals surface area contributed by atoms with Crippen molar-refractivity contribution in [2.75, 3.05) is 0 Å². The second kappa shape index (κ2) is 5.49. The van der Waals surface area contributed by atoms with Gasteiger partial charge in [0.15, 0.2) is 0 Å². The first-order valence-electron chi connectivity index (χ1n) is 4.55. The third-order valence-corrected chi connectivity index (χ3v) is 2.16. The van der Waals surface area contributed by atoms with Crippen LogP contribution in [0.25, 0.3) is 0 Å². The molecular weight excluding hydrogens is 168 g/mol. The minimum absolute atomic E-state index is 0.269. The molecule has 70 valence electrons. The van der Waals surface area contributed by atoms with Crippen LogP contribution in [-0.4, -0.2) is 5.38 Å². The van der Waals surface area contributed by atoms with E-state index < -0.39 is 0 Å². The smallest absolute Gasteiger partial charge is 0.0312 e. The Hall–Kier alpha value is -0.150. The number of terminal acetylenes is 1. The highest BCUT2D eigenvalue weighted by Crippen LogP contribution is 2.30. The minimum atomic E-state index is 0.269. The molecule has 0 nitrogen and oxygen atoms in total. The van der Waals surface area contributed by atoms with Crippen LogP contribution in [0.15, 0.2) is 0 Å². The van der Waals surface area contributed by atoms with Crippen LogP contribution in [0.2, 0.25) is 0 Å². The fourth-order valence-electron chi connectivity index (χ4n) is 1.53. The fraction of sp³-hybridized carbons (Fsp3) is 0.818. The van der Waals surface area contributed by atoms with Gasteiger partial charge in [0, 0.05) is 11.8 Å². The Morgan fingerprint density at radius 3 is 2.50 bits per heavy atom. The second-order valence-corrected chi connectivity index (χ2v) is 4.95. The van der Waals surface area contributed by atoms with Gasteiger partial charge >= 0.3 is 0 Å². The molecule has 0 rings (SSSR count). The van der Waals surface area contributed by atoms with Gasteiger partial charge in [-0.15, -0.1) is 23.9 Å². The summed E-state index contributed by atoms with van der Waals surface area (Å²) in [6, 6.07) is 0. The first-order valence-corrected chi connectivity index (χ1v) is 4.99. The molecule has 0 aromatic carbocycles. The topological polar surface area (TPSA) is 0 Å². The van der Waals surface area contributed by atoms with Gasteiger partial charge in [-0.1, -0.05) is 13.8 Å². The highest BCUT2D eigenvalue weighted by Gasteiger charge is 2.19. The summed E-state index contributed by atoms with van der Waals surface area (Å²) in [6.45, 7) is 6.55. The van der Waals surface area contributed by atoms with E-state index in [4.69, 9.17) is 18.0 Å². The molecule has 0 saturated carbocycles. The molecule has 0 fully saturated rings. The van der Waals surface area contributed by atoms with Crippen molar-refractivity contribution in [1.29, 1.82) is 0 Å². The van der Waals surface area contributed by atoms with Gasteiger partial charge in [-0.2, -0.15) is 0 Å². The van der Waals surface area contributed by atoms with Crippen molar-refractivity contribution in [2.45, 2.75) is 51.8 Å². The Bertz CT molecular complexity index is 151. The van der Waals surface area contributed by atoms with Crippen LogP contribution in [-0.2, 0) is 0 Å². The maximum Gasteiger partial charge on any atom is 0.0312 e. The molecule has 0 spiro atoms. The first kappa shape index (κ1) is 11.8. The summed E-state index contributed by atoms with van der Waals surface area (Å²) in [7, 11) is 0. The summed E-state index contributed by atoms with van der Waals surface area (Å²) in [6.07, 6.45) is 9.43. The Kier molecular flexibility index (Phi) is 5.42. The minimum Gasteiger partial charge on any atom is -0.123 e. The van der Waals surface area contributed by atoms with E-state index in [-0.39, 0.29) is 5.38 Å². The average Bonchev–Trinajstić information content (AvgIpc) is 1.84. The van der Waals surface area contributed by atoms with Crippen molar-refractivity contribution >= 4 is 11.6 Å². The Morgan fingerprint density at radius 2 is 2.08 bits per heavy atom. The predicted molar refractivity (Wildman–Crippen MR) is 56.4 cm³/mol. The van der Waals surface area contributed by atoms with Crippen molar-refractivity contribution < 1.29 is 0 Å². The Labute approximate surface area is 81.7 Å². The largest absolute Gasteiger partial charge is 0.123 e. The Morgan fingerprint density at radius 1 is 1.50 bits per heavy atom. The summed E-state index contributed by atoms with van der Waals surface area (Å²) >= 11 is 5.93. The lowest BCUT2D eigenvalue weighted by Crippen LogP contribution is -2.15. The zero-order chi connectivity index (χ0) is 9.61. The summed E-state index contributed by atoms with van der Waals surface area (Å²) < 4.78 is 0. The number of hydrogen-bond donors (Lipinski definition) is 0. The summed E-state index contributed by atoms with van der Waals surface area (Å²) in [4.78, 5) is 0. The molecular formula is C11H19Cl. The van der Waals surface area contributed by atoms with Crippen molar-refractivity contribution in [3.63, 3.8) is 0 Å². The van der Waals surface area contributed by atoms with Crippen LogP contribution in [0, 0.1) is 17.8 Å². The molecule has 1 unspecified atom stereocenters. The summed E-state index contributed by atoms with van der Waals surface area (Å²) in [5.74, 6) is 2.66. The molecule has 0 aliphatic rings. The van der Waals surface area contributed by atoms with E-state index in [2.05, 4.69) is 19.8 Å². The van der Waals surface area contributed by atoms with Crippen LogP contribution < -0.4 is 0 Å². The van der Waals surface area contributed by atoms with Crippen LogP contribution >= 0.6 is 11.6 Å². The van der Waals surface area contributed by atoms with E-state index in [9.17, 15) is 0 Å². The van der Waals surface area contributed by atoms with Crippen molar-refractivity contribution in [2.24, 2.45) is 5.41 Å². The quantitative estimate of drug-likeness (QED) is 0.348. The molecule has 1 heteroatoms. The van der Waals surface area contributed by atoms with E-state index >= 15 is 0 Å². The van der Waals surface area contributed by atoms with Gasteiger partial charge in [0.1, 0.15) is 0 Å². The van der Waals surface area contributed by atoms with E-state index in [1.54, 1.807) is 0 Å². The molecule has 1 atom stereocenters. The molecule has 0 bridgehead atoms. The van der Waals surface area contributed by atoms with Gasteiger partial charge in [-0.05, 0) is 31.6 Å². The maximum atomic E-state index is 5.93. The van der Waals surface area contributed by atoms with Gasteiger partial charge in [0.05, 0.1) is 0 Å². The highest BCUT2D eigenvalue weighted by molar-refractivity contribution is 6.20. The Balaban J connectivity index is 3.65. The molecule has 12 heavy (non-hydrogen) atoms. The van der Waals surface area contributed by atoms with Crippen LogP contribution in [0.3, 0.4) is 0 Å². The predicted octanol–water partition coefficient (Wildman–Crippen LogP) is 3.83. The number of halogens is 1. The van der Waals surface area contributed by atoms with Gasteiger partial charge in [-0.3, -0.25) is 0 Å². The number of hydrogen-bond acceptors (Lipinski definition) is 0. The van der Waals surface area contributed by atoms with E-state index in [0.29, 0.717) is 5.41 Å². The van der Waals surface area contributed by atoms with Gasteiger partial charge in [0.2, 0.25) is 0 Å². The van der Waals surface area contributed by atoms with Crippen LogP contribution in [0.5, 0.6) is 0 Å². The van der Waals surface area contributed by atoms with Crippen molar-refractivity contribution in [1.82, 2.24) is 0 Å². The fourth-order valence-corrected chi connectivity index (χ4v) is 1.95. The standard InChI is InChI=1S/C11H19Cl/c1-5-6-7-8-11(3,4)9-10(2)12/h1,10H,6-9H2,2-4H3. The molecule has 0 aliphatic heterocycles. The third kappa shape index (κ3) is 6.55. The lowest BCUT2D eigenvalue weighted by molar-refractivity contribution is 0.300. The lowest BCUT2D eigenvalue weighted by Gasteiger charge is -2.25. The van der Waals surface area contributed by atoms with E-state index in [1.165, 1.54) is 6.42 Å². The molecule has 0 aliphatic carbocycles. The molecule has 0 amide bonds. The third-order valence-electron chi connectivity index (χ3n) is 2.01. The number of alkyl halides is 1. The van der Waals surface area contributed by atoms with Crippen LogP contribution in [0.4, 0.5) is 0 Å². The maximum absolute atomic E-state index is 5.93. The molecule has 0 aromatic heterocycles. The van der Waals surface area contributed by atoms with Gasteiger partial charge in [-0.25, -0.2) is 0 Å². The van der Waals surface area contributed by atoms with Crippen LogP contribution in [0.1, 0.15) is 46.5 Å². The molecule has 0 aromatic rings. The molecule has 0 N–H and O–H groups in total. The summed E-state index contributed by atoms with van der Waals surface area (Å²) in [5.41, 5.74) is 0.345. The SMILES string of the molecule is C#CCCCC(C)(C)CC(C)Cl. The van der Waals surface area contributed by atoms with E-state index in [1.807, 2.05) is 6.92 Å². The number of unbranched alkanes of at least 4 members (excludes halogenated alkanes) is 1. The van der Waals surface area contributed by atoms with Crippen molar-refractivity contribution in [3.05, 3.63) is 0 Å². The molecule has 0 saturated heterocycles. The monoisotopic (exact) mass is 186 g/mol. The van der Waals surface area contributed by atoms with E-state index in [0.717, 1.165) is 19.3 Å². The molecule has 0 radical (unpaired) electrons. The summed E-state index contributed by atoms with van der Waals surface area (Å²) in [5, 5.41) is 0.269. The highest BCUT2D eigenvalue weighted by atomic mass is 35.5. The van der Waals surface area contributed by atoms with Gasteiger partial charge < -0.3 is 0 Å². The lowest BCUT2D eigenvalue weighted by atomic mass is 9.83. The normalized spacial score (nSPS) is 13.9. The zero-order valence-corrected chi connectivity index (χ0v) is 9.12. The van der Waals surface area contributed by atoms with Crippen molar-refractivity contribution in [3.8, 4) is 12.3 Å². The average molecular weight is 187 g/mol. The molecule has 0 heterocycles. The zero-order valence-electron chi connectivity index (χ0n) is 8.36. The number of rotatable bonds is 5. The first-order chi connectivity index (χ1) is 5.48. The second-order valence-electron chi connectivity index (χ2n) is 4.21.